The van der Waals surface area contributed by atoms with Crippen LogP contribution < -0.4 is 9.47 Å². The van der Waals surface area contributed by atoms with Crippen LogP contribution in [-0.4, -0.2) is 34.6 Å². The minimum atomic E-state index is -0.876. The van der Waals surface area contributed by atoms with Gasteiger partial charge in [0.05, 0.1) is 12.7 Å². The van der Waals surface area contributed by atoms with Crippen LogP contribution in [0.3, 0.4) is 0 Å². The lowest BCUT2D eigenvalue weighted by molar-refractivity contribution is -0.00959. The van der Waals surface area contributed by atoms with Crippen LogP contribution in [0.1, 0.15) is 58.7 Å². The number of aromatic amines is 1. The summed E-state index contributed by atoms with van der Waals surface area (Å²) in [5, 5.41) is 10.8. The van der Waals surface area contributed by atoms with Crippen LogP contribution in [0.25, 0.3) is 10.9 Å². The van der Waals surface area contributed by atoms with Gasteiger partial charge < -0.3 is 19.6 Å². The number of hydrogen-bond acceptors (Lipinski definition) is 4. The second-order valence-corrected chi connectivity index (χ2v) is 8.11. The number of ether oxygens (including phenoxy) is 2. The van der Waals surface area contributed by atoms with Crippen LogP contribution in [-0.2, 0) is 19.4 Å². The number of methoxy groups -OCH3 is 1. The van der Waals surface area contributed by atoms with E-state index in [0.29, 0.717) is 12.1 Å². The van der Waals surface area contributed by atoms with Crippen molar-refractivity contribution in [3.05, 3.63) is 58.3 Å². The number of aryl methyl sites for hydroxylation is 1. The molecule has 30 heavy (non-hydrogen) atoms. The third kappa shape index (κ3) is 2.94. The molecule has 2 aliphatic rings. The Bertz CT molecular complexity index is 1130. The van der Waals surface area contributed by atoms with E-state index in [1.807, 2.05) is 18.2 Å². The minimum absolute atomic E-state index is 0.156. The maximum Gasteiger partial charge on any atom is 0.338 e. The van der Waals surface area contributed by atoms with E-state index >= 15 is 0 Å². The molecule has 0 aliphatic carbocycles. The second kappa shape index (κ2) is 7.36. The topological polar surface area (TPSA) is 74.8 Å². The van der Waals surface area contributed by atoms with Crippen molar-refractivity contribution in [3.63, 3.8) is 0 Å². The summed E-state index contributed by atoms with van der Waals surface area (Å²) in [6.45, 7) is 3.65. The molecule has 0 amide bonds. The fourth-order valence-corrected chi connectivity index (χ4v) is 4.81. The summed E-state index contributed by atoms with van der Waals surface area (Å²) in [4.78, 5) is 17.8. The first kappa shape index (κ1) is 19.0. The quantitative estimate of drug-likeness (QED) is 0.644. The number of aromatic carboxylic acids is 1. The lowest BCUT2D eigenvalue weighted by Crippen LogP contribution is -2.40. The maximum atomic E-state index is 12.2. The van der Waals surface area contributed by atoms with Gasteiger partial charge in [-0.1, -0.05) is 13.3 Å². The van der Waals surface area contributed by atoms with E-state index in [2.05, 4.69) is 28.9 Å². The van der Waals surface area contributed by atoms with Crippen molar-refractivity contribution in [3.8, 4) is 11.5 Å². The van der Waals surface area contributed by atoms with Gasteiger partial charge in [-0.2, -0.15) is 0 Å². The molecule has 2 N–H and O–H groups in total. The lowest BCUT2D eigenvalue weighted by Gasteiger charge is -2.41. The van der Waals surface area contributed by atoms with Crippen LogP contribution in [0.15, 0.2) is 30.3 Å². The molecule has 0 bridgehead atoms. The predicted molar refractivity (Wildman–Crippen MR) is 114 cm³/mol. The number of carboxylic acid groups (broad SMARTS) is 1. The molecule has 0 radical (unpaired) electrons. The highest BCUT2D eigenvalue weighted by Gasteiger charge is 2.35. The number of carboxylic acids is 1. The number of aromatic nitrogens is 1. The summed E-state index contributed by atoms with van der Waals surface area (Å²) >= 11 is 0. The van der Waals surface area contributed by atoms with Gasteiger partial charge in [-0.3, -0.25) is 4.90 Å². The number of nitrogens with one attached hydrogen (secondary N) is 1. The fraction of sp³-hybridized carbons (Fsp3) is 0.375. The molecule has 2 aliphatic heterocycles. The van der Waals surface area contributed by atoms with Gasteiger partial charge in [0.1, 0.15) is 11.5 Å². The van der Waals surface area contributed by atoms with Gasteiger partial charge in [0.15, 0.2) is 6.23 Å². The Labute approximate surface area is 175 Å². The number of H-pyrrole nitrogens is 1. The third-order valence-corrected chi connectivity index (χ3v) is 6.32. The highest BCUT2D eigenvalue weighted by Crippen LogP contribution is 2.43. The number of hydrogen-bond donors (Lipinski definition) is 2. The summed E-state index contributed by atoms with van der Waals surface area (Å²) < 4.78 is 11.8. The average molecular weight is 406 g/mol. The Balaban J connectivity index is 1.59. The molecule has 0 saturated carbocycles. The highest BCUT2D eigenvalue weighted by atomic mass is 16.5. The molecule has 0 fully saturated rings. The monoisotopic (exact) mass is 406 g/mol. The Kier molecular flexibility index (Phi) is 4.66. The standard InChI is InChI=1S/C24H26N2O4/c1-3-4-5-18-22(24(27)28)21-17-13-26-11-10-14-12-15(29-2)6-7-16(14)23(26)30-20(17)9-8-19(21)25-18/h6-9,12,23,25H,3-5,10-11,13H2,1-2H3,(H,27,28). The molecule has 5 rings (SSSR count). The zero-order chi connectivity index (χ0) is 20.8. The van der Waals surface area contributed by atoms with Crippen molar-refractivity contribution in [2.45, 2.75) is 45.4 Å². The number of fused-ring (bicyclic) bond motifs is 6. The van der Waals surface area contributed by atoms with Gasteiger partial charge in [-0.15, -0.1) is 0 Å². The number of carbonyl (C=O) groups is 1. The van der Waals surface area contributed by atoms with Crippen molar-refractivity contribution in [1.29, 1.82) is 0 Å². The molecule has 3 aromatic rings. The molecular weight excluding hydrogens is 380 g/mol. The van der Waals surface area contributed by atoms with E-state index in [1.165, 1.54) is 5.56 Å². The third-order valence-electron chi connectivity index (χ3n) is 6.32. The first-order chi connectivity index (χ1) is 14.6. The second-order valence-electron chi connectivity index (χ2n) is 8.11. The summed E-state index contributed by atoms with van der Waals surface area (Å²) in [5.41, 5.74) is 5.46. The number of nitrogens with zero attached hydrogens (tertiary/aromatic N) is 1. The van der Waals surface area contributed by atoms with Crippen molar-refractivity contribution in [1.82, 2.24) is 9.88 Å². The maximum absolute atomic E-state index is 12.2. The molecule has 1 atom stereocenters. The molecule has 6 heteroatoms. The first-order valence-electron chi connectivity index (χ1n) is 10.6. The van der Waals surface area contributed by atoms with Gasteiger partial charge in [0, 0.05) is 40.8 Å². The number of benzene rings is 2. The molecule has 0 saturated heterocycles. The van der Waals surface area contributed by atoms with Crippen LogP contribution in [0, 0.1) is 0 Å². The van der Waals surface area contributed by atoms with Crippen molar-refractivity contribution in [2.75, 3.05) is 13.7 Å². The lowest BCUT2D eigenvalue weighted by atomic mass is 9.94. The molecule has 1 aromatic heterocycles. The number of rotatable bonds is 5. The Morgan fingerprint density at radius 1 is 1.33 bits per heavy atom. The van der Waals surface area contributed by atoms with Gasteiger partial charge in [-0.25, -0.2) is 4.79 Å². The molecule has 1 unspecified atom stereocenters. The van der Waals surface area contributed by atoms with E-state index in [1.54, 1.807) is 7.11 Å². The zero-order valence-electron chi connectivity index (χ0n) is 17.3. The summed E-state index contributed by atoms with van der Waals surface area (Å²) in [6, 6.07) is 10.1. The van der Waals surface area contributed by atoms with Crippen LogP contribution in [0.5, 0.6) is 11.5 Å². The summed E-state index contributed by atoms with van der Waals surface area (Å²) in [6.07, 6.45) is 3.48. The van der Waals surface area contributed by atoms with E-state index in [-0.39, 0.29) is 6.23 Å². The molecule has 0 spiro atoms. The predicted octanol–water partition coefficient (Wildman–Crippen LogP) is 4.67. The molecule has 156 valence electrons. The average Bonchev–Trinajstić information content (AvgIpc) is 3.15. The zero-order valence-corrected chi connectivity index (χ0v) is 17.3. The highest BCUT2D eigenvalue weighted by molar-refractivity contribution is 6.07. The Morgan fingerprint density at radius 2 is 2.20 bits per heavy atom. The summed E-state index contributed by atoms with van der Waals surface area (Å²) in [7, 11) is 1.68. The molecule has 3 heterocycles. The largest absolute Gasteiger partial charge is 0.497 e. The molecular formula is C24H26N2O4. The van der Waals surface area contributed by atoms with Gasteiger partial charge in [0.2, 0.25) is 0 Å². The summed E-state index contributed by atoms with van der Waals surface area (Å²) in [5.74, 6) is 0.757. The van der Waals surface area contributed by atoms with Gasteiger partial charge in [-0.05, 0) is 55.2 Å². The fourth-order valence-electron chi connectivity index (χ4n) is 4.81. The SMILES string of the molecule is CCCCc1[nH]c2ccc3c(c2c1C(=O)O)CN1CCc2cc(OC)ccc2C1O3. The van der Waals surface area contributed by atoms with E-state index in [9.17, 15) is 9.90 Å². The van der Waals surface area contributed by atoms with Gasteiger partial charge >= 0.3 is 5.97 Å². The Morgan fingerprint density at radius 3 is 2.97 bits per heavy atom. The normalized spacial score (nSPS) is 17.7. The van der Waals surface area contributed by atoms with E-state index in [4.69, 9.17) is 9.47 Å². The first-order valence-corrected chi connectivity index (χ1v) is 10.6. The minimum Gasteiger partial charge on any atom is -0.497 e. The molecule has 6 nitrogen and oxygen atoms in total. The van der Waals surface area contributed by atoms with Crippen molar-refractivity contribution >= 4 is 16.9 Å². The van der Waals surface area contributed by atoms with Crippen LogP contribution >= 0.6 is 0 Å². The van der Waals surface area contributed by atoms with Crippen molar-refractivity contribution in [2.24, 2.45) is 0 Å². The van der Waals surface area contributed by atoms with E-state index in [0.717, 1.165) is 71.5 Å². The van der Waals surface area contributed by atoms with Crippen LogP contribution in [0.2, 0.25) is 0 Å². The molecule has 2 aromatic carbocycles. The Hall–Kier alpha value is -2.99. The van der Waals surface area contributed by atoms with Crippen LogP contribution in [0.4, 0.5) is 0 Å². The van der Waals surface area contributed by atoms with E-state index < -0.39 is 5.97 Å². The smallest absolute Gasteiger partial charge is 0.338 e. The van der Waals surface area contributed by atoms with Gasteiger partial charge in [0.25, 0.3) is 0 Å². The number of unbranched alkanes of at least 4 members (excludes halogenated alkanes) is 1. The van der Waals surface area contributed by atoms with Crippen molar-refractivity contribution < 1.29 is 19.4 Å².